The first-order valence-corrected chi connectivity index (χ1v) is 10.1. The lowest BCUT2D eigenvalue weighted by Crippen LogP contribution is -2.40. The highest BCUT2D eigenvalue weighted by Crippen LogP contribution is 2.39. The fraction of sp³-hybridized carbons (Fsp3) is 0.304. The fourth-order valence-corrected chi connectivity index (χ4v) is 3.78. The zero-order valence-electron chi connectivity index (χ0n) is 17.9. The predicted molar refractivity (Wildman–Crippen MR) is 119 cm³/mol. The van der Waals surface area contributed by atoms with Crippen molar-refractivity contribution in [3.63, 3.8) is 0 Å². The van der Waals surface area contributed by atoms with Crippen LogP contribution < -0.4 is 10.5 Å². The quantitative estimate of drug-likeness (QED) is 0.485. The lowest BCUT2D eigenvalue weighted by Gasteiger charge is -2.31. The Labute approximate surface area is 187 Å². The lowest BCUT2D eigenvalue weighted by molar-refractivity contribution is -0.137. The summed E-state index contributed by atoms with van der Waals surface area (Å²) in [5.74, 6) is 0.0620. The first-order valence-electron chi connectivity index (χ1n) is 9.71. The number of nitrogens with zero attached hydrogens (tertiary/aromatic N) is 2. The monoisotopic (exact) mass is 466 g/mol. The van der Waals surface area contributed by atoms with Crippen LogP contribution in [0.4, 0.5) is 23.8 Å². The molecule has 1 N–H and O–H groups in total. The maximum atomic E-state index is 13.1. The van der Waals surface area contributed by atoms with E-state index in [2.05, 4.69) is 0 Å². The molecule has 9 heteroatoms. The van der Waals surface area contributed by atoms with Crippen molar-refractivity contribution in [3.05, 3.63) is 63.4 Å². The van der Waals surface area contributed by atoms with Crippen LogP contribution in [-0.4, -0.2) is 22.3 Å². The third-order valence-electron chi connectivity index (χ3n) is 4.95. The van der Waals surface area contributed by atoms with E-state index in [0.29, 0.717) is 21.5 Å². The fourth-order valence-electron chi connectivity index (χ4n) is 3.61. The Morgan fingerprint density at radius 1 is 1.06 bits per heavy atom. The van der Waals surface area contributed by atoms with Gasteiger partial charge in [-0.2, -0.15) is 13.2 Å². The number of pyridine rings is 1. The van der Waals surface area contributed by atoms with Crippen LogP contribution in [-0.2, 0) is 13.2 Å². The molecule has 32 heavy (non-hydrogen) atoms. The van der Waals surface area contributed by atoms with Gasteiger partial charge in [0.15, 0.2) is 0 Å². The summed E-state index contributed by atoms with van der Waals surface area (Å²) in [5.41, 5.74) is -1.10. The smallest absolute Gasteiger partial charge is 0.416 e. The predicted octanol–water partition coefficient (Wildman–Crippen LogP) is 6.41. The first-order chi connectivity index (χ1) is 14.7. The maximum Gasteiger partial charge on any atom is 0.416 e. The van der Waals surface area contributed by atoms with Crippen LogP contribution in [0.5, 0.6) is 0 Å². The van der Waals surface area contributed by atoms with Crippen molar-refractivity contribution in [2.24, 2.45) is 12.5 Å². The van der Waals surface area contributed by atoms with Gasteiger partial charge in [-0.3, -0.25) is 14.3 Å². The Morgan fingerprint density at radius 3 is 2.16 bits per heavy atom. The van der Waals surface area contributed by atoms with Crippen LogP contribution in [0.25, 0.3) is 21.9 Å². The summed E-state index contributed by atoms with van der Waals surface area (Å²) in [6.07, 6.45) is -5.81. The Hall–Kier alpha value is -3.00. The molecule has 2 aromatic carbocycles. The second-order valence-corrected chi connectivity index (χ2v) is 9.19. The van der Waals surface area contributed by atoms with Crippen LogP contribution in [0.3, 0.4) is 0 Å². The third-order valence-corrected chi connectivity index (χ3v) is 5.18. The van der Waals surface area contributed by atoms with Crippen molar-refractivity contribution in [3.8, 4) is 11.1 Å². The first kappa shape index (κ1) is 23.7. The number of aromatic nitrogens is 1. The number of hydrogen-bond acceptors (Lipinski definition) is 2. The van der Waals surface area contributed by atoms with Gasteiger partial charge in [-0.25, -0.2) is 4.79 Å². The molecule has 5 nitrogen and oxygen atoms in total. The van der Waals surface area contributed by atoms with E-state index in [4.69, 9.17) is 11.6 Å². The van der Waals surface area contributed by atoms with E-state index in [1.54, 1.807) is 0 Å². The number of carboxylic acid groups (broad SMARTS) is 1. The summed E-state index contributed by atoms with van der Waals surface area (Å²) >= 11 is 6.17. The number of hydrogen-bond donors (Lipinski definition) is 1. The average Bonchev–Trinajstić information content (AvgIpc) is 2.67. The summed E-state index contributed by atoms with van der Waals surface area (Å²) in [4.78, 5) is 26.4. The van der Waals surface area contributed by atoms with Crippen molar-refractivity contribution in [1.29, 1.82) is 0 Å². The second-order valence-electron chi connectivity index (χ2n) is 8.76. The summed E-state index contributed by atoms with van der Waals surface area (Å²) < 4.78 is 40.5. The van der Waals surface area contributed by atoms with E-state index in [-0.39, 0.29) is 17.7 Å². The zero-order valence-corrected chi connectivity index (χ0v) is 18.7. The highest BCUT2D eigenvalue weighted by atomic mass is 35.5. The maximum absolute atomic E-state index is 13.1. The van der Waals surface area contributed by atoms with Crippen molar-refractivity contribution >= 4 is 34.3 Å². The van der Waals surface area contributed by atoms with Crippen molar-refractivity contribution < 1.29 is 23.1 Å². The molecule has 3 rings (SSSR count). The Bertz CT molecular complexity index is 1240. The van der Waals surface area contributed by atoms with E-state index < -0.39 is 28.8 Å². The molecule has 0 aliphatic carbocycles. The van der Waals surface area contributed by atoms with Gasteiger partial charge in [0.05, 0.1) is 5.56 Å². The van der Waals surface area contributed by atoms with Crippen LogP contribution in [0.15, 0.2) is 47.3 Å². The largest absolute Gasteiger partial charge is 0.465 e. The van der Waals surface area contributed by atoms with Crippen LogP contribution in [0, 0.1) is 5.41 Å². The van der Waals surface area contributed by atoms with Crippen molar-refractivity contribution in [1.82, 2.24) is 4.57 Å². The van der Waals surface area contributed by atoms with E-state index in [1.165, 1.54) is 41.9 Å². The van der Waals surface area contributed by atoms with E-state index >= 15 is 0 Å². The number of halogens is 4. The van der Waals surface area contributed by atoms with Crippen LogP contribution in [0.2, 0.25) is 5.02 Å². The van der Waals surface area contributed by atoms with Crippen molar-refractivity contribution in [2.45, 2.75) is 26.9 Å². The van der Waals surface area contributed by atoms with E-state index in [9.17, 15) is 27.9 Å². The molecule has 0 aliphatic heterocycles. The van der Waals surface area contributed by atoms with Crippen LogP contribution >= 0.6 is 11.6 Å². The zero-order chi connectivity index (χ0) is 24.0. The molecule has 0 saturated carbocycles. The van der Waals surface area contributed by atoms with Crippen LogP contribution in [0.1, 0.15) is 26.3 Å². The minimum Gasteiger partial charge on any atom is -0.465 e. The standard InChI is InChI=1S/C23H22ClF3N2O3/c1-22(2,3)12-29(21(31)32)19-18(13-5-7-14(8-6-13)23(25,26)27)17-11-15(24)9-10-16(17)20(30)28(19)4/h5-11H,12H2,1-4H3,(H,31,32). The minimum atomic E-state index is -4.52. The number of fused-ring (bicyclic) bond motifs is 1. The molecule has 0 aliphatic rings. The highest BCUT2D eigenvalue weighted by Gasteiger charge is 2.32. The lowest BCUT2D eigenvalue weighted by atomic mass is 9.94. The summed E-state index contributed by atoms with van der Waals surface area (Å²) in [6.45, 7) is 5.58. The SMILES string of the molecule is Cn1c(N(CC(C)(C)C)C(=O)O)c(-c2ccc(C(F)(F)F)cc2)c2cc(Cl)ccc2c1=O. The normalized spacial score (nSPS) is 12.2. The van der Waals surface area contributed by atoms with E-state index in [1.807, 2.05) is 20.8 Å². The summed E-state index contributed by atoms with van der Waals surface area (Å²) in [6, 6.07) is 8.96. The Balaban J connectivity index is 2.44. The Kier molecular flexibility index (Phi) is 6.04. The van der Waals surface area contributed by atoms with E-state index in [0.717, 1.165) is 17.0 Å². The molecule has 0 atom stereocenters. The average molecular weight is 467 g/mol. The van der Waals surface area contributed by atoms with Gasteiger partial charge in [-0.1, -0.05) is 44.5 Å². The number of alkyl halides is 3. The number of anilines is 1. The topological polar surface area (TPSA) is 62.5 Å². The highest BCUT2D eigenvalue weighted by molar-refractivity contribution is 6.31. The van der Waals surface area contributed by atoms with Gasteiger partial charge in [0.1, 0.15) is 5.82 Å². The van der Waals surface area contributed by atoms with Gasteiger partial charge in [-0.15, -0.1) is 0 Å². The number of carbonyl (C=O) groups is 1. The van der Waals surface area contributed by atoms with Gasteiger partial charge >= 0.3 is 12.3 Å². The van der Waals surface area contributed by atoms with Gasteiger partial charge < -0.3 is 5.11 Å². The molecule has 0 bridgehead atoms. The number of amides is 1. The molecule has 0 unspecified atom stereocenters. The van der Waals surface area contributed by atoms with Gasteiger partial charge in [0.25, 0.3) is 5.56 Å². The summed E-state index contributed by atoms with van der Waals surface area (Å²) in [7, 11) is 1.44. The molecule has 3 aromatic rings. The van der Waals surface area contributed by atoms with Gasteiger partial charge in [0.2, 0.25) is 0 Å². The molecule has 1 aromatic heterocycles. The minimum absolute atomic E-state index is 0.0509. The molecular weight excluding hydrogens is 445 g/mol. The number of rotatable bonds is 3. The van der Waals surface area contributed by atoms with Gasteiger partial charge in [-0.05, 0) is 41.3 Å². The summed E-state index contributed by atoms with van der Waals surface area (Å²) in [5, 5.41) is 10.9. The van der Waals surface area contributed by atoms with Crippen molar-refractivity contribution in [2.75, 3.05) is 11.4 Å². The number of benzene rings is 2. The Morgan fingerprint density at radius 2 is 1.66 bits per heavy atom. The molecule has 0 spiro atoms. The second kappa shape index (κ2) is 8.16. The molecule has 1 heterocycles. The van der Waals surface area contributed by atoms with Gasteiger partial charge in [0, 0.05) is 35.0 Å². The molecule has 1 amide bonds. The molecule has 0 fully saturated rings. The molecular formula is C23H22ClF3N2O3. The molecule has 0 saturated heterocycles. The molecule has 0 radical (unpaired) electrons. The third kappa shape index (κ3) is 4.60. The molecule has 170 valence electrons.